The topological polar surface area (TPSA) is 45.1 Å². The second-order valence-electron chi connectivity index (χ2n) is 3.25. The molecule has 1 heterocycles. The lowest BCUT2D eigenvalue weighted by Gasteiger charge is -2.18. The molecule has 8 heteroatoms. The van der Waals surface area contributed by atoms with Gasteiger partial charge in [0.05, 0.1) is 24.9 Å². The molecule has 3 nitrogen and oxygen atoms in total. The molecule has 1 atom stereocenters. The van der Waals surface area contributed by atoms with Crippen LogP contribution in [0.5, 0.6) is 0 Å². The smallest absolute Gasteiger partial charge is 0.394 e. The van der Waals surface area contributed by atoms with Gasteiger partial charge in [0.25, 0.3) is 0 Å². The number of rotatable bonds is 4. The number of pyridine rings is 1. The van der Waals surface area contributed by atoms with Crippen LogP contribution in [0.15, 0.2) is 21.2 Å². The number of alkyl halides is 3. The van der Waals surface area contributed by atoms with Crippen molar-refractivity contribution in [1.82, 2.24) is 10.3 Å². The lowest BCUT2D eigenvalue weighted by Crippen LogP contribution is -2.34. The minimum atomic E-state index is -4.32. The molecule has 17 heavy (non-hydrogen) atoms. The lowest BCUT2D eigenvalue weighted by atomic mass is 10.2. The summed E-state index contributed by atoms with van der Waals surface area (Å²) in [5.74, 6) is 0. The van der Waals surface area contributed by atoms with E-state index in [1.165, 1.54) is 6.20 Å². The van der Waals surface area contributed by atoms with Crippen LogP contribution in [0.1, 0.15) is 11.7 Å². The van der Waals surface area contributed by atoms with Crippen molar-refractivity contribution in [3.05, 3.63) is 26.9 Å². The normalized spacial score (nSPS) is 13.8. The Balaban J connectivity index is 2.79. The van der Waals surface area contributed by atoms with Crippen molar-refractivity contribution in [2.75, 3.05) is 13.2 Å². The van der Waals surface area contributed by atoms with Crippen LogP contribution in [-0.4, -0.2) is 29.4 Å². The molecule has 2 N–H and O–H groups in total. The summed E-state index contributed by atoms with van der Waals surface area (Å²) >= 11 is 6.37. The van der Waals surface area contributed by atoms with Gasteiger partial charge in [0, 0.05) is 15.1 Å². The third kappa shape index (κ3) is 4.90. The molecule has 0 aliphatic heterocycles. The first-order chi connectivity index (χ1) is 7.83. The molecule has 0 aliphatic carbocycles. The molecule has 0 bridgehead atoms. The van der Waals surface area contributed by atoms with Gasteiger partial charge in [0.1, 0.15) is 0 Å². The summed E-state index contributed by atoms with van der Waals surface area (Å²) in [4.78, 5) is 3.97. The number of hydrogen-bond acceptors (Lipinski definition) is 3. The molecule has 0 fully saturated rings. The first-order valence-corrected chi connectivity index (χ1v) is 6.14. The van der Waals surface area contributed by atoms with Crippen LogP contribution in [0.2, 0.25) is 0 Å². The molecular weight excluding hydrogens is 369 g/mol. The maximum absolute atomic E-state index is 12.0. The molecule has 1 rings (SSSR count). The predicted molar refractivity (Wildman–Crippen MR) is 63.5 cm³/mol. The van der Waals surface area contributed by atoms with E-state index < -0.39 is 25.4 Å². The molecule has 1 aromatic rings. The number of nitrogens with zero attached hydrogens (tertiary/aromatic N) is 1. The van der Waals surface area contributed by atoms with Crippen molar-refractivity contribution in [1.29, 1.82) is 0 Å². The number of aliphatic hydroxyl groups is 1. The van der Waals surface area contributed by atoms with Gasteiger partial charge in [-0.1, -0.05) is 0 Å². The Hall–Kier alpha value is -0.180. The monoisotopic (exact) mass is 376 g/mol. The summed E-state index contributed by atoms with van der Waals surface area (Å²) in [6, 6.07) is 0.791. The fourth-order valence-corrected chi connectivity index (χ4v) is 2.43. The minimum absolute atomic E-state index is 0.333. The van der Waals surface area contributed by atoms with Gasteiger partial charge in [-0.25, -0.2) is 0 Å². The molecule has 1 aromatic heterocycles. The van der Waals surface area contributed by atoms with E-state index in [2.05, 4.69) is 42.2 Å². The van der Waals surface area contributed by atoms with E-state index in [1.807, 2.05) is 0 Å². The quantitative estimate of drug-likeness (QED) is 0.848. The average molecular weight is 378 g/mol. The van der Waals surface area contributed by atoms with Crippen LogP contribution < -0.4 is 5.32 Å². The third-order valence-electron chi connectivity index (χ3n) is 1.90. The standard InChI is InChI=1S/C9H9Br2F3N2O/c10-5-1-6(11)8(15-2-5)7(3-17)16-4-9(12,13)14/h1-2,7,16-17H,3-4H2. The average Bonchev–Trinajstić information content (AvgIpc) is 2.19. The number of halogens is 5. The van der Waals surface area contributed by atoms with E-state index in [0.29, 0.717) is 14.6 Å². The van der Waals surface area contributed by atoms with Crippen molar-refractivity contribution in [2.24, 2.45) is 0 Å². The van der Waals surface area contributed by atoms with Crippen LogP contribution in [-0.2, 0) is 0 Å². The molecule has 0 aliphatic rings. The van der Waals surface area contributed by atoms with Gasteiger partial charge >= 0.3 is 6.18 Å². The Bertz CT molecular complexity index is 387. The van der Waals surface area contributed by atoms with Gasteiger partial charge < -0.3 is 5.11 Å². The minimum Gasteiger partial charge on any atom is -0.394 e. The van der Waals surface area contributed by atoms with E-state index in [4.69, 9.17) is 5.11 Å². The largest absolute Gasteiger partial charge is 0.401 e. The number of hydrogen-bond donors (Lipinski definition) is 2. The molecule has 96 valence electrons. The highest BCUT2D eigenvalue weighted by Gasteiger charge is 2.29. The van der Waals surface area contributed by atoms with E-state index in [9.17, 15) is 13.2 Å². The number of aliphatic hydroxyl groups excluding tert-OH is 1. The Kier molecular flexibility index (Phi) is 5.36. The molecule has 0 saturated carbocycles. The predicted octanol–water partition coefficient (Wildman–Crippen LogP) is 2.79. The second-order valence-corrected chi connectivity index (χ2v) is 5.02. The Morgan fingerprint density at radius 3 is 2.53 bits per heavy atom. The first-order valence-electron chi connectivity index (χ1n) is 4.55. The van der Waals surface area contributed by atoms with Crippen LogP contribution in [0, 0.1) is 0 Å². The SMILES string of the molecule is OCC(NCC(F)(F)F)c1ncc(Br)cc1Br. The van der Waals surface area contributed by atoms with Gasteiger partial charge in [-0.2, -0.15) is 13.2 Å². The molecule has 1 unspecified atom stereocenters. The van der Waals surface area contributed by atoms with E-state index in [1.54, 1.807) is 6.07 Å². The maximum atomic E-state index is 12.0. The zero-order valence-electron chi connectivity index (χ0n) is 8.43. The fourth-order valence-electron chi connectivity index (χ4n) is 1.17. The number of nitrogens with one attached hydrogen (secondary N) is 1. The highest BCUT2D eigenvalue weighted by Crippen LogP contribution is 2.25. The van der Waals surface area contributed by atoms with Crippen LogP contribution in [0.3, 0.4) is 0 Å². The summed E-state index contributed by atoms with van der Waals surface area (Å²) in [5.41, 5.74) is 0.333. The molecular formula is C9H9Br2F3N2O. The highest BCUT2D eigenvalue weighted by atomic mass is 79.9. The van der Waals surface area contributed by atoms with Crippen LogP contribution >= 0.6 is 31.9 Å². The summed E-state index contributed by atoms with van der Waals surface area (Å²) < 4.78 is 37.4. The summed E-state index contributed by atoms with van der Waals surface area (Å²) in [7, 11) is 0. The fraction of sp³-hybridized carbons (Fsp3) is 0.444. The van der Waals surface area contributed by atoms with Gasteiger partial charge in [-0.15, -0.1) is 0 Å². The molecule has 0 spiro atoms. The third-order valence-corrected chi connectivity index (χ3v) is 2.97. The van der Waals surface area contributed by atoms with Crippen molar-refractivity contribution in [2.45, 2.75) is 12.2 Å². The van der Waals surface area contributed by atoms with E-state index in [-0.39, 0.29) is 0 Å². The lowest BCUT2D eigenvalue weighted by molar-refractivity contribution is -0.126. The molecule has 0 aromatic carbocycles. The van der Waals surface area contributed by atoms with E-state index >= 15 is 0 Å². The molecule has 0 amide bonds. The second kappa shape index (κ2) is 6.12. The molecule has 0 radical (unpaired) electrons. The van der Waals surface area contributed by atoms with Gasteiger partial charge in [-0.05, 0) is 37.9 Å². The van der Waals surface area contributed by atoms with Gasteiger partial charge in [0.15, 0.2) is 0 Å². The Morgan fingerprint density at radius 1 is 1.41 bits per heavy atom. The van der Waals surface area contributed by atoms with Crippen molar-refractivity contribution >= 4 is 31.9 Å². The summed E-state index contributed by atoms with van der Waals surface area (Å²) in [5, 5.41) is 11.3. The van der Waals surface area contributed by atoms with Crippen molar-refractivity contribution in [3.8, 4) is 0 Å². The Morgan fingerprint density at radius 2 is 2.06 bits per heavy atom. The summed E-state index contributed by atoms with van der Waals surface area (Å²) in [6.07, 6.45) is -2.87. The zero-order chi connectivity index (χ0) is 13.1. The first kappa shape index (κ1) is 14.9. The number of aromatic nitrogens is 1. The van der Waals surface area contributed by atoms with Crippen molar-refractivity contribution in [3.63, 3.8) is 0 Å². The Labute approximate surface area is 113 Å². The zero-order valence-corrected chi connectivity index (χ0v) is 11.6. The van der Waals surface area contributed by atoms with Crippen LogP contribution in [0.25, 0.3) is 0 Å². The maximum Gasteiger partial charge on any atom is 0.401 e. The van der Waals surface area contributed by atoms with Crippen LogP contribution in [0.4, 0.5) is 13.2 Å². The van der Waals surface area contributed by atoms with Gasteiger partial charge in [0.2, 0.25) is 0 Å². The van der Waals surface area contributed by atoms with Gasteiger partial charge in [-0.3, -0.25) is 10.3 Å². The molecule has 0 saturated heterocycles. The summed E-state index contributed by atoms with van der Waals surface area (Å²) in [6.45, 7) is -1.65. The van der Waals surface area contributed by atoms with E-state index in [0.717, 1.165) is 0 Å². The highest BCUT2D eigenvalue weighted by molar-refractivity contribution is 9.11. The van der Waals surface area contributed by atoms with Crippen molar-refractivity contribution < 1.29 is 18.3 Å².